The average Bonchev–Trinajstić information content (AvgIpc) is 2.55. The van der Waals surface area contributed by atoms with Crippen molar-refractivity contribution in [3.63, 3.8) is 0 Å². The van der Waals surface area contributed by atoms with E-state index in [0.717, 1.165) is 30.2 Å². The number of fused-ring (bicyclic) bond motifs is 1. The SMILES string of the molecule is COc1cc2c(cc1OC)[C@H](C)N(c1ccc(N)cc1)CC2. The van der Waals surface area contributed by atoms with Gasteiger partial charge in [-0.15, -0.1) is 0 Å². The van der Waals surface area contributed by atoms with E-state index in [2.05, 4.69) is 36.1 Å². The predicted molar refractivity (Wildman–Crippen MR) is 89.9 cm³/mol. The molecule has 22 heavy (non-hydrogen) atoms. The number of rotatable bonds is 3. The highest BCUT2D eigenvalue weighted by molar-refractivity contribution is 5.58. The van der Waals surface area contributed by atoms with E-state index in [1.54, 1.807) is 14.2 Å². The number of hydrogen-bond donors (Lipinski definition) is 1. The number of nitrogens with two attached hydrogens (primary N) is 1. The van der Waals surface area contributed by atoms with Crippen molar-refractivity contribution in [2.24, 2.45) is 0 Å². The van der Waals surface area contributed by atoms with Crippen LogP contribution in [0, 0.1) is 0 Å². The van der Waals surface area contributed by atoms with E-state index < -0.39 is 0 Å². The van der Waals surface area contributed by atoms with Gasteiger partial charge in [-0.2, -0.15) is 0 Å². The fraction of sp³-hybridized carbons (Fsp3) is 0.333. The van der Waals surface area contributed by atoms with Gasteiger partial charge in [0.05, 0.1) is 20.3 Å². The third kappa shape index (κ3) is 2.45. The van der Waals surface area contributed by atoms with Crippen LogP contribution in [0.1, 0.15) is 24.1 Å². The van der Waals surface area contributed by atoms with Crippen LogP contribution in [0.25, 0.3) is 0 Å². The molecular formula is C18H22N2O2. The molecule has 0 bridgehead atoms. The molecule has 4 nitrogen and oxygen atoms in total. The predicted octanol–water partition coefficient (Wildman–Crippen LogP) is 3.41. The lowest BCUT2D eigenvalue weighted by molar-refractivity contribution is 0.353. The first kappa shape index (κ1) is 14.6. The molecule has 4 heteroatoms. The fourth-order valence-corrected chi connectivity index (χ4v) is 3.16. The van der Waals surface area contributed by atoms with Crippen LogP contribution in [0.3, 0.4) is 0 Å². The Morgan fingerprint density at radius 2 is 1.68 bits per heavy atom. The Labute approximate surface area is 131 Å². The van der Waals surface area contributed by atoms with Crippen LogP contribution in [-0.4, -0.2) is 20.8 Å². The van der Waals surface area contributed by atoms with Gasteiger partial charge in [0.15, 0.2) is 11.5 Å². The largest absolute Gasteiger partial charge is 0.493 e. The minimum Gasteiger partial charge on any atom is -0.493 e. The molecule has 0 saturated carbocycles. The zero-order valence-corrected chi connectivity index (χ0v) is 13.3. The number of nitrogens with zero attached hydrogens (tertiary/aromatic N) is 1. The summed E-state index contributed by atoms with van der Waals surface area (Å²) in [6, 6.07) is 12.5. The molecule has 2 aromatic rings. The summed E-state index contributed by atoms with van der Waals surface area (Å²) < 4.78 is 10.9. The van der Waals surface area contributed by atoms with E-state index in [1.807, 2.05) is 12.1 Å². The van der Waals surface area contributed by atoms with Gasteiger partial charge < -0.3 is 20.1 Å². The van der Waals surface area contributed by atoms with E-state index in [4.69, 9.17) is 15.2 Å². The summed E-state index contributed by atoms with van der Waals surface area (Å²) in [5, 5.41) is 0. The molecule has 1 heterocycles. The van der Waals surface area contributed by atoms with Gasteiger partial charge in [-0.3, -0.25) is 0 Å². The van der Waals surface area contributed by atoms with Gasteiger partial charge >= 0.3 is 0 Å². The maximum absolute atomic E-state index is 5.79. The van der Waals surface area contributed by atoms with Gasteiger partial charge in [0.2, 0.25) is 0 Å². The monoisotopic (exact) mass is 298 g/mol. The van der Waals surface area contributed by atoms with Crippen LogP contribution in [0.4, 0.5) is 11.4 Å². The quantitative estimate of drug-likeness (QED) is 0.882. The second kappa shape index (κ2) is 5.79. The molecule has 2 aromatic carbocycles. The maximum atomic E-state index is 5.79. The number of hydrogen-bond acceptors (Lipinski definition) is 4. The molecule has 1 atom stereocenters. The van der Waals surface area contributed by atoms with Crippen molar-refractivity contribution in [3.8, 4) is 11.5 Å². The Kier molecular flexibility index (Phi) is 3.84. The summed E-state index contributed by atoms with van der Waals surface area (Å²) in [7, 11) is 3.35. The molecule has 0 fully saturated rings. The molecule has 0 spiro atoms. The Morgan fingerprint density at radius 3 is 2.32 bits per heavy atom. The van der Waals surface area contributed by atoms with Gasteiger partial charge in [-0.05, 0) is 60.9 Å². The molecule has 3 rings (SSSR count). The van der Waals surface area contributed by atoms with Gasteiger partial charge in [-0.1, -0.05) is 0 Å². The fourth-order valence-electron chi connectivity index (χ4n) is 3.16. The summed E-state index contributed by atoms with van der Waals surface area (Å²) in [6.07, 6.45) is 0.990. The molecule has 1 aliphatic heterocycles. The highest BCUT2D eigenvalue weighted by Gasteiger charge is 2.26. The lowest BCUT2D eigenvalue weighted by atomic mass is 9.92. The first-order valence-electron chi connectivity index (χ1n) is 7.51. The number of anilines is 2. The molecule has 116 valence electrons. The lowest BCUT2D eigenvalue weighted by Crippen LogP contribution is -2.34. The summed E-state index contributed by atoms with van der Waals surface area (Å²) >= 11 is 0. The highest BCUT2D eigenvalue weighted by Crippen LogP contribution is 2.39. The summed E-state index contributed by atoms with van der Waals surface area (Å²) in [4.78, 5) is 2.40. The molecular weight excluding hydrogens is 276 g/mol. The van der Waals surface area contributed by atoms with Crippen molar-refractivity contribution >= 4 is 11.4 Å². The van der Waals surface area contributed by atoms with Crippen LogP contribution >= 0.6 is 0 Å². The smallest absolute Gasteiger partial charge is 0.161 e. The topological polar surface area (TPSA) is 47.7 Å². The standard InChI is InChI=1S/C18H22N2O2/c1-12-16-11-18(22-3)17(21-2)10-13(16)8-9-20(12)15-6-4-14(19)5-7-15/h4-7,10-12H,8-9,19H2,1-3H3/t12-/m0/s1. The third-order valence-corrected chi connectivity index (χ3v) is 4.41. The van der Waals surface area contributed by atoms with Gasteiger partial charge in [0.25, 0.3) is 0 Å². The Bertz CT molecular complexity index is 668. The Balaban J connectivity index is 1.97. The van der Waals surface area contributed by atoms with Crippen LogP contribution in [0.15, 0.2) is 36.4 Å². The number of nitrogen functional groups attached to an aromatic ring is 1. The molecule has 0 unspecified atom stereocenters. The molecule has 0 aliphatic carbocycles. The molecule has 1 aliphatic rings. The van der Waals surface area contributed by atoms with Crippen molar-refractivity contribution in [2.45, 2.75) is 19.4 Å². The zero-order valence-electron chi connectivity index (χ0n) is 13.3. The van der Waals surface area contributed by atoms with Crippen molar-refractivity contribution in [1.29, 1.82) is 0 Å². The third-order valence-electron chi connectivity index (χ3n) is 4.41. The zero-order chi connectivity index (χ0) is 15.7. The van der Waals surface area contributed by atoms with Crippen molar-refractivity contribution in [2.75, 3.05) is 31.4 Å². The molecule has 0 saturated heterocycles. The number of benzene rings is 2. The Morgan fingerprint density at radius 1 is 1.05 bits per heavy atom. The molecule has 0 aromatic heterocycles. The van der Waals surface area contributed by atoms with E-state index in [-0.39, 0.29) is 6.04 Å². The summed E-state index contributed by atoms with van der Waals surface area (Å²) in [5.41, 5.74) is 10.4. The Hall–Kier alpha value is -2.36. The number of methoxy groups -OCH3 is 2. The second-order valence-electron chi connectivity index (χ2n) is 5.62. The highest BCUT2D eigenvalue weighted by atomic mass is 16.5. The van der Waals surface area contributed by atoms with E-state index in [0.29, 0.717) is 0 Å². The first-order chi connectivity index (χ1) is 10.6. The average molecular weight is 298 g/mol. The van der Waals surface area contributed by atoms with Crippen molar-refractivity contribution in [1.82, 2.24) is 0 Å². The summed E-state index contributed by atoms with van der Waals surface area (Å²) in [6.45, 7) is 3.20. The molecule has 2 N–H and O–H groups in total. The molecule has 0 radical (unpaired) electrons. The first-order valence-corrected chi connectivity index (χ1v) is 7.51. The van der Waals surface area contributed by atoms with Crippen LogP contribution in [-0.2, 0) is 6.42 Å². The van der Waals surface area contributed by atoms with Crippen LogP contribution in [0.2, 0.25) is 0 Å². The maximum Gasteiger partial charge on any atom is 0.161 e. The lowest BCUT2D eigenvalue weighted by Gasteiger charge is -2.37. The van der Waals surface area contributed by atoms with Gasteiger partial charge in [0, 0.05) is 17.9 Å². The number of ether oxygens (including phenoxy) is 2. The minimum atomic E-state index is 0.284. The normalized spacial score (nSPS) is 17.0. The van der Waals surface area contributed by atoms with Gasteiger partial charge in [0.1, 0.15) is 0 Å². The van der Waals surface area contributed by atoms with E-state index in [9.17, 15) is 0 Å². The van der Waals surface area contributed by atoms with Crippen LogP contribution in [0.5, 0.6) is 11.5 Å². The van der Waals surface area contributed by atoms with E-state index in [1.165, 1.54) is 16.8 Å². The van der Waals surface area contributed by atoms with Crippen molar-refractivity contribution in [3.05, 3.63) is 47.5 Å². The minimum absolute atomic E-state index is 0.284. The summed E-state index contributed by atoms with van der Waals surface area (Å²) in [5.74, 6) is 1.58. The van der Waals surface area contributed by atoms with Crippen LogP contribution < -0.4 is 20.1 Å². The van der Waals surface area contributed by atoms with E-state index >= 15 is 0 Å². The van der Waals surface area contributed by atoms with Crippen molar-refractivity contribution < 1.29 is 9.47 Å². The molecule has 0 amide bonds. The second-order valence-corrected chi connectivity index (χ2v) is 5.62. The van der Waals surface area contributed by atoms with Gasteiger partial charge in [-0.25, -0.2) is 0 Å².